The van der Waals surface area contributed by atoms with Gasteiger partial charge in [-0.05, 0) is 36.2 Å². The SMILES string of the molecule is O=C(Nc1c(F)ccc2c1N(c1ncccn1)CC2)c1ccccc1. The molecule has 0 atom stereocenters. The number of halogens is 1. The number of benzene rings is 2. The number of hydrogen-bond donors (Lipinski definition) is 1. The molecule has 0 radical (unpaired) electrons. The predicted octanol–water partition coefficient (Wildman–Crippen LogP) is 3.56. The molecule has 0 saturated carbocycles. The summed E-state index contributed by atoms with van der Waals surface area (Å²) in [6.45, 7) is 0.636. The van der Waals surface area contributed by atoms with E-state index in [1.807, 2.05) is 11.0 Å². The molecule has 4 rings (SSSR count). The van der Waals surface area contributed by atoms with Gasteiger partial charge in [-0.25, -0.2) is 14.4 Å². The third-order valence-electron chi connectivity index (χ3n) is 4.15. The van der Waals surface area contributed by atoms with Gasteiger partial charge in [0.05, 0.1) is 5.69 Å². The Hall–Kier alpha value is -3.28. The number of aromatic nitrogens is 2. The van der Waals surface area contributed by atoms with Crippen LogP contribution in [0.15, 0.2) is 60.9 Å². The molecule has 2 aromatic carbocycles. The van der Waals surface area contributed by atoms with Crippen molar-refractivity contribution in [3.63, 3.8) is 0 Å². The molecule has 2 heterocycles. The van der Waals surface area contributed by atoms with Gasteiger partial charge in [-0.1, -0.05) is 24.3 Å². The molecule has 0 saturated heterocycles. The van der Waals surface area contributed by atoms with Crippen molar-refractivity contribution in [2.24, 2.45) is 0 Å². The van der Waals surface area contributed by atoms with E-state index >= 15 is 0 Å². The quantitative estimate of drug-likeness (QED) is 0.796. The Morgan fingerprint density at radius 2 is 1.80 bits per heavy atom. The van der Waals surface area contributed by atoms with Crippen LogP contribution in [0, 0.1) is 5.82 Å². The minimum absolute atomic E-state index is 0.163. The van der Waals surface area contributed by atoms with Crippen molar-refractivity contribution >= 4 is 23.2 Å². The van der Waals surface area contributed by atoms with Gasteiger partial charge in [-0.2, -0.15) is 0 Å². The van der Waals surface area contributed by atoms with E-state index < -0.39 is 5.82 Å². The molecule has 0 unspecified atom stereocenters. The molecular weight excluding hydrogens is 319 g/mol. The second-order valence-electron chi connectivity index (χ2n) is 5.70. The summed E-state index contributed by atoms with van der Waals surface area (Å²) in [7, 11) is 0. The lowest BCUT2D eigenvalue weighted by Crippen LogP contribution is -2.20. The smallest absolute Gasteiger partial charge is 0.255 e. The van der Waals surface area contributed by atoms with Crippen LogP contribution in [0.4, 0.5) is 21.7 Å². The predicted molar refractivity (Wildman–Crippen MR) is 93.5 cm³/mol. The van der Waals surface area contributed by atoms with Gasteiger partial charge in [0.25, 0.3) is 5.91 Å². The lowest BCUT2D eigenvalue weighted by atomic mass is 10.1. The van der Waals surface area contributed by atoms with E-state index in [-0.39, 0.29) is 11.6 Å². The van der Waals surface area contributed by atoms with E-state index in [4.69, 9.17) is 0 Å². The van der Waals surface area contributed by atoms with Gasteiger partial charge < -0.3 is 10.2 Å². The highest BCUT2D eigenvalue weighted by atomic mass is 19.1. The van der Waals surface area contributed by atoms with E-state index in [2.05, 4.69) is 15.3 Å². The third-order valence-corrected chi connectivity index (χ3v) is 4.15. The fraction of sp³-hybridized carbons (Fsp3) is 0.105. The molecule has 1 aromatic heterocycles. The summed E-state index contributed by atoms with van der Waals surface area (Å²) in [5.74, 6) is -0.346. The fourth-order valence-electron chi connectivity index (χ4n) is 2.99. The second kappa shape index (κ2) is 6.32. The van der Waals surface area contributed by atoms with E-state index in [0.29, 0.717) is 23.7 Å². The molecular formula is C19H15FN4O. The largest absolute Gasteiger partial charge is 0.318 e. The first-order chi connectivity index (χ1) is 12.2. The van der Waals surface area contributed by atoms with Crippen LogP contribution in [0.1, 0.15) is 15.9 Å². The Morgan fingerprint density at radius 1 is 1.04 bits per heavy atom. The highest BCUT2D eigenvalue weighted by molar-refractivity contribution is 6.06. The summed E-state index contributed by atoms with van der Waals surface area (Å²) < 4.78 is 14.5. The fourth-order valence-corrected chi connectivity index (χ4v) is 2.99. The van der Waals surface area contributed by atoms with Crippen molar-refractivity contribution in [2.75, 3.05) is 16.8 Å². The molecule has 1 aliphatic heterocycles. The number of nitrogens with one attached hydrogen (secondary N) is 1. The maximum atomic E-state index is 14.5. The summed E-state index contributed by atoms with van der Waals surface area (Å²) in [5, 5.41) is 2.72. The van der Waals surface area contributed by atoms with Crippen LogP contribution in [-0.2, 0) is 6.42 Å². The zero-order chi connectivity index (χ0) is 17.2. The van der Waals surface area contributed by atoms with Crippen molar-refractivity contribution in [1.29, 1.82) is 0 Å². The molecule has 124 valence electrons. The summed E-state index contributed by atoms with van der Waals surface area (Å²) in [6, 6.07) is 13.6. The average Bonchev–Trinajstić information content (AvgIpc) is 3.10. The zero-order valence-corrected chi connectivity index (χ0v) is 13.3. The number of hydrogen-bond acceptors (Lipinski definition) is 4. The first-order valence-corrected chi connectivity index (χ1v) is 7.96. The van der Waals surface area contributed by atoms with Crippen LogP contribution >= 0.6 is 0 Å². The number of anilines is 3. The van der Waals surface area contributed by atoms with E-state index in [1.165, 1.54) is 6.07 Å². The number of carbonyl (C=O) groups excluding carboxylic acids is 1. The van der Waals surface area contributed by atoms with Gasteiger partial charge in [-0.3, -0.25) is 4.79 Å². The maximum Gasteiger partial charge on any atom is 0.255 e. The molecule has 0 spiro atoms. The van der Waals surface area contributed by atoms with Crippen molar-refractivity contribution in [2.45, 2.75) is 6.42 Å². The van der Waals surface area contributed by atoms with Crippen molar-refractivity contribution in [1.82, 2.24) is 9.97 Å². The summed E-state index contributed by atoms with van der Waals surface area (Å²) in [5.41, 5.74) is 2.21. The average molecular weight is 334 g/mol. The molecule has 6 heteroatoms. The first kappa shape index (κ1) is 15.3. The normalized spacial score (nSPS) is 12.8. The molecule has 0 bridgehead atoms. The molecule has 5 nitrogen and oxygen atoms in total. The molecule has 1 aliphatic rings. The molecule has 0 fully saturated rings. The van der Waals surface area contributed by atoms with E-state index in [9.17, 15) is 9.18 Å². The van der Waals surface area contributed by atoms with Gasteiger partial charge in [0.2, 0.25) is 5.95 Å². The minimum Gasteiger partial charge on any atom is -0.318 e. The Balaban J connectivity index is 1.74. The molecule has 1 N–H and O–H groups in total. The van der Waals surface area contributed by atoms with Gasteiger partial charge in [0, 0.05) is 24.5 Å². The molecule has 0 aliphatic carbocycles. The van der Waals surface area contributed by atoms with Crippen LogP contribution in [0.5, 0.6) is 0 Å². The van der Waals surface area contributed by atoms with Crippen molar-refractivity contribution in [3.05, 3.63) is 77.9 Å². The lowest BCUT2D eigenvalue weighted by molar-refractivity contribution is 0.102. The monoisotopic (exact) mass is 334 g/mol. The minimum atomic E-state index is -0.481. The number of nitrogens with zero attached hydrogens (tertiary/aromatic N) is 3. The standard InChI is InChI=1S/C19H15FN4O/c20-15-8-7-13-9-12-24(19-21-10-4-11-22-19)17(13)16(15)23-18(25)14-5-2-1-3-6-14/h1-8,10-11H,9,12H2,(H,23,25). The second-order valence-corrected chi connectivity index (χ2v) is 5.70. The summed E-state index contributed by atoms with van der Waals surface area (Å²) >= 11 is 0. The van der Waals surface area contributed by atoms with Gasteiger partial charge in [0.1, 0.15) is 11.5 Å². The Kier molecular flexibility index (Phi) is 3.85. The number of carbonyl (C=O) groups is 1. The summed E-state index contributed by atoms with van der Waals surface area (Å²) in [6.07, 6.45) is 4.02. The van der Waals surface area contributed by atoms with Crippen LogP contribution in [0.3, 0.4) is 0 Å². The highest BCUT2D eigenvalue weighted by Gasteiger charge is 2.28. The number of amides is 1. The van der Waals surface area contributed by atoms with Crippen LogP contribution in [0.25, 0.3) is 0 Å². The van der Waals surface area contributed by atoms with E-state index in [0.717, 1.165) is 12.0 Å². The number of fused-ring (bicyclic) bond motifs is 1. The maximum absolute atomic E-state index is 14.5. The highest BCUT2D eigenvalue weighted by Crippen LogP contribution is 2.40. The van der Waals surface area contributed by atoms with Crippen molar-refractivity contribution in [3.8, 4) is 0 Å². The lowest BCUT2D eigenvalue weighted by Gasteiger charge is -2.20. The Labute approximate surface area is 144 Å². The number of rotatable bonds is 3. The van der Waals surface area contributed by atoms with Gasteiger partial charge in [-0.15, -0.1) is 0 Å². The van der Waals surface area contributed by atoms with E-state index in [1.54, 1.807) is 48.8 Å². The first-order valence-electron chi connectivity index (χ1n) is 7.96. The molecule has 25 heavy (non-hydrogen) atoms. The van der Waals surface area contributed by atoms with Gasteiger partial charge in [0.15, 0.2) is 0 Å². The van der Waals surface area contributed by atoms with Crippen LogP contribution in [-0.4, -0.2) is 22.4 Å². The summed E-state index contributed by atoms with van der Waals surface area (Å²) in [4.78, 5) is 22.8. The Morgan fingerprint density at radius 3 is 2.56 bits per heavy atom. The van der Waals surface area contributed by atoms with Crippen LogP contribution < -0.4 is 10.2 Å². The van der Waals surface area contributed by atoms with Crippen LogP contribution in [0.2, 0.25) is 0 Å². The third kappa shape index (κ3) is 2.82. The molecule has 1 amide bonds. The van der Waals surface area contributed by atoms with Crippen molar-refractivity contribution < 1.29 is 9.18 Å². The topological polar surface area (TPSA) is 58.1 Å². The zero-order valence-electron chi connectivity index (χ0n) is 13.3. The Bertz CT molecular complexity index is 915. The molecule has 3 aromatic rings. The van der Waals surface area contributed by atoms with Gasteiger partial charge >= 0.3 is 0 Å².